The molecule has 0 saturated carbocycles. The molecule has 1 aromatic heterocycles. The molecule has 0 unspecified atom stereocenters. The summed E-state index contributed by atoms with van der Waals surface area (Å²) in [7, 11) is 0. The SMILES string of the molecule is N#Cc1cccc(-c2cc(=O)[nH]c(=O)[nH]2)c1. The topological polar surface area (TPSA) is 89.5 Å². The van der Waals surface area contributed by atoms with E-state index < -0.39 is 11.2 Å². The molecule has 16 heavy (non-hydrogen) atoms. The van der Waals surface area contributed by atoms with Gasteiger partial charge in [0.05, 0.1) is 17.3 Å². The fraction of sp³-hybridized carbons (Fsp3) is 0. The molecular weight excluding hydrogens is 206 g/mol. The monoisotopic (exact) mass is 213 g/mol. The summed E-state index contributed by atoms with van der Waals surface area (Å²) in [5.41, 5.74) is 0.456. The number of nitrogens with zero attached hydrogens (tertiary/aromatic N) is 1. The van der Waals surface area contributed by atoms with Gasteiger partial charge in [-0.3, -0.25) is 9.78 Å². The van der Waals surface area contributed by atoms with Crippen LogP contribution in [0.2, 0.25) is 0 Å². The highest BCUT2D eigenvalue weighted by Crippen LogP contribution is 2.15. The molecule has 2 N–H and O–H groups in total. The largest absolute Gasteiger partial charge is 0.326 e. The first-order chi connectivity index (χ1) is 7.69. The number of hydrogen-bond acceptors (Lipinski definition) is 3. The summed E-state index contributed by atoms with van der Waals surface area (Å²) in [6.07, 6.45) is 0. The molecule has 1 heterocycles. The van der Waals surface area contributed by atoms with E-state index in [1.54, 1.807) is 24.3 Å². The van der Waals surface area contributed by atoms with E-state index >= 15 is 0 Å². The molecule has 0 radical (unpaired) electrons. The lowest BCUT2D eigenvalue weighted by Crippen LogP contribution is -2.21. The Morgan fingerprint density at radius 2 is 1.94 bits per heavy atom. The third kappa shape index (κ3) is 1.91. The molecule has 2 rings (SSSR count). The third-order valence-corrected chi connectivity index (χ3v) is 2.06. The van der Waals surface area contributed by atoms with Gasteiger partial charge in [-0.1, -0.05) is 12.1 Å². The van der Waals surface area contributed by atoms with Crippen molar-refractivity contribution in [3.63, 3.8) is 0 Å². The highest BCUT2D eigenvalue weighted by atomic mass is 16.2. The van der Waals surface area contributed by atoms with Gasteiger partial charge in [0.2, 0.25) is 0 Å². The van der Waals surface area contributed by atoms with Crippen LogP contribution in [-0.4, -0.2) is 9.97 Å². The van der Waals surface area contributed by atoms with E-state index in [1.807, 2.05) is 6.07 Å². The molecule has 2 aromatic rings. The molecule has 0 atom stereocenters. The Hall–Kier alpha value is -2.61. The van der Waals surface area contributed by atoms with Crippen LogP contribution in [0.1, 0.15) is 5.56 Å². The van der Waals surface area contributed by atoms with Gasteiger partial charge >= 0.3 is 5.69 Å². The first kappa shape index (κ1) is 9.93. The van der Waals surface area contributed by atoms with Gasteiger partial charge in [-0.05, 0) is 17.7 Å². The lowest BCUT2D eigenvalue weighted by molar-refractivity contribution is 1.04. The zero-order valence-electron chi connectivity index (χ0n) is 8.15. The van der Waals surface area contributed by atoms with E-state index in [9.17, 15) is 9.59 Å². The van der Waals surface area contributed by atoms with Gasteiger partial charge in [-0.2, -0.15) is 5.26 Å². The molecule has 5 heteroatoms. The number of H-pyrrole nitrogens is 2. The lowest BCUT2D eigenvalue weighted by atomic mass is 10.1. The van der Waals surface area contributed by atoms with Crippen molar-refractivity contribution in [2.24, 2.45) is 0 Å². The van der Waals surface area contributed by atoms with Crippen LogP contribution in [0, 0.1) is 11.3 Å². The second-order valence-electron chi connectivity index (χ2n) is 3.19. The van der Waals surface area contributed by atoms with Crippen molar-refractivity contribution in [2.45, 2.75) is 0 Å². The van der Waals surface area contributed by atoms with Crippen molar-refractivity contribution >= 4 is 0 Å². The van der Waals surface area contributed by atoms with Gasteiger partial charge in [0.15, 0.2) is 0 Å². The van der Waals surface area contributed by atoms with Crippen LogP contribution >= 0.6 is 0 Å². The van der Waals surface area contributed by atoms with Crippen LogP contribution in [0.4, 0.5) is 0 Å². The minimum atomic E-state index is -0.565. The van der Waals surface area contributed by atoms with E-state index in [1.165, 1.54) is 6.07 Å². The molecule has 0 aliphatic carbocycles. The van der Waals surface area contributed by atoms with E-state index in [4.69, 9.17) is 5.26 Å². The first-order valence-corrected chi connectivity index (χ1v) is 4.53. The van der Waals surface area contributed by atoms with Crippen molar-refractivity contribution in [2.75, 3.05) is 0 Å². The maximum absolute atomic E-state index is 11.1. The molecule has 1 aromatic carbocycles. The smallest absolute Gasteiger partial charge is 0.307 e. The Bertz CT molecular complexity index is 648. The fourth-order valence-corrected chi connectivity index (χ4v) is 1.38. The van der Waals surface area contributed by atoms with Crippen molar-refractivity contribution in [3.05, 3.63) is 56.7 Å². The molecular formula is C11H7N3O2. The predicted octanol–water partition coefficient (Wildman–Crippen LogP) is 0.602. The number of hydrogen-bond donors (Lipinski definition) is 2. The van der Waals surface area contributed by atoms with Gasteiger partial charge in [-0.15, -0.1) is 0 Å². The minimum Gasteiger partial charge on any atom is -0.307 e. The fourth-order valence-electron chi connectivity index (χ4n) is 1.38. The van der Waals surface area contributed by atoms with Gasteiger partial charge < -0.3 is 4.98 Å². The summed E-state index contributed by atoms with van der Waals surface area (Å²) >= 11 is 0. The van der Waals surface area contributed by atoms with Crippen LogP contribution in [0.5, 0.6) is 0 Å². The van der Waals surface area contributed by atoms with Crippen molar-refractivity contribution in [3.8, 4) is 17.3 Å². The van der Waals surface area contributed by atoms with Crippen molar-refractivity contribution in [1.29, 1.82) is 5.26 Å². The first-order valence-electron chi connectivity index (χ1n) is 4.53. The summed E-state index contributed by atoms with van der Waals surface area (Å²) in [5, 5.41) is 8.73. The van der Waals surface area contributed by atoms with Crippen molar-refractivity contribution in [1.82, 2.24) is 9.97 Å². The van der Waals surface area contributed by atoms with Crippen LogP contribution in [0.15, 0.2) is 39.9 Å². The molecule has 78 valence electrons. The molecule has 0 aliphatic heterocycles. The highest BCUT2D eigenvalue weighted by Gasteiger charge is 2.01. The highest BCUT2D eigenvalue weighted by molar-refractivity contribution is 5.60. The maximum Gasteiger partial charge on any atom is 0.326 e. The molecule has 5 nitrogen and oxygen atoms in total. The Morgan fingerprint density at radius 1 is 1.12 bits per heavy atom. The molecule has 0 bridgehead atoms. The Morgan fingerprint density at radius 3 is 2.62 bits per heavy atom. The molecule has 0 saturated heterocycles. The zero-order valence-corrected chi connectivity index (χ0v) is 8.15. The molecule has 0 spiro atoms. The summed E-state index contributed by atoms with van der Waals surface area (Å²) < 4.78 is 0. The Balaban J connectivity index is 2.63. The summed E-state index contributed by atoms with van der Waals surface area (Å²) in [6.45, 7) is 0. The summed E-state index contributed by atoms with van der Waals surface area (Å²) in [5.74, 6) is 0. The minimum absolute atomic E-state index is 0.394. The summed E-state index contributed by atoms with van der Waals surface area (Å²) in [6, 6.07) is 9.92. The van der Waals surface area contributed by atoms with E-state index in [-0.39, 0.29) is 0 Å². The predicted molar refractivity (Wildman–Crippen MR) is 57.8 cm³/mol. The normalized spacial score (nSPS) is 9.69. The number of aromatic amines is 2. The Labute approximate surface area is 90.0 Å². The van der Waals surface area contributed by atoms with Gasteiger partial charge in [0.25, 0.3) is 5.56 Å². The Kier molecular flexibility index (Phi) is 2.40. The number of rotatable bonds is 1. The van der Waals surface area contributed by atoms with Gasteiger partial charge in [-0.25, -0.2) is 4.79 Å². The van der Waals surface area contributed by atoms with Crippen LogP contribution in [0.25, 0.3) is 11.3 Å². The number of nitrogens with one attached hydrogen (secondary N) is 2. The average molecular weight is 213 g/mol. The molecule has 0 amide bonds. The third-order valence-electron chi connectivity index (χ3n) is 2.06. The van der Waals surface area contributed by atoms with Gasteiger partial charge in [0.1, 0.15) is 0 Å². The zero-order chi connectivity index (χ0) is 11.5. The summed E-state index contributed by atoms with van der Waals surface area (Å²) in [4.78, 5) is 26.7. The van der Waals surface area contributed by atoms with E-state index in [0.717, 1.165) is 0 Å². The van der Waals surface area contributed by atoms with E-state index in [0.29, 0.717) is 16.8 Å². The maximum atomic E-state index is 11.1. The van der Waals surface area contributed by atoms with E-state index in [2.05, 4.69) is 9.97 Å². The average Bonchev–Trinajstić information content (AvgIpc) is 2.28. The van der Waals surface area contributed by atoms with Crippen LogP contribution < -0.4 is 11.2 Å². The van der Waals surface area contributed by atoms with Crippen LogP contribution in [0.3, 0.4) is 0 Å². The number of nitriles is 1. The number of benzene rings is 1. The van der Waals surface area contributed by atoms with Crippen molar-refractivity contribution < 1.29 is 0 Å². The lowest BCUT2D eigenvalue weighted by Gasteiger charge is -2.00. The quantitative estimate of drug-likeness (QED) is 0.726. The molecule has 0 fully saturated rings. The molecule has 0 aliphatic rings. The second-order valence-corrected chi connectivity index (χ2v) is 3.19. The van der Waals surface area contributed by atoms with Gasteiger partial charge in [0, 0.05) is 6.07 Å². The standard InChI is InChI=1S/C11H7N3O2/c12-6-7-2-1-3-8(4-7)9-5-10(15)14-11(16)13-9/h1-5H,(H2,13,14,15,16). The second kappa shape index (κ2) is 3.87. The number of aromatic nitrogens is 2. The van der Waals surface area contributed by atoms with Crippen LogP contribution in [-0.2, 0) is 0 Å².